The maximum absolute atomic E-state index is 12.5. The molecule has 2 aromatic heterocycles. The van der Waals surface area contributed by atoms with E-state index in [1.165, 1.54) is 0 Å². The van der Waals surface area contributed by atoms with E-state index in [1.807, 2.05) is 55.6 Å². The second-order valence-corrected chi connectivity index (χ2v) is 7.37. The number of hydrogen-bond donors (Lipinski definition) is 1. The minimum absolute atomic E-state index is 0.0936. The Morgan fingerprint density at radius 3 is 2.50 bits per heavy atom. The van der Waals surface area contributed by atoms with E-state index >= 15 is 0 Å². The lowest BCUT2D eigenvalue weighted by molar-refractivity contribution is -0.130. The Labute approximate surface area is 185 Å². The molecule has 3 aromatic rings. The van der Waals surface area contributed by atoms with E-state index in [-0.39, 0.29) is 19.1 Å². The minimum atomic E-state index is -0.608. The third-order valence-corrected chi connectivity index (χ3v) is 5.10. The largest absolute Gasteiger partial charge is 0.445 e. The average molecular weight is 435 g/mol. The fourth-order valence-electron chi connectivity index (χ4n) is 3.44. The minimum Gasteiger partial charge on any atom is -0.445 e. The lowest BCUT2D eigenvalue weighted by Crippen LogP contribution is -2.51. The summed E-state index contributed by atoms with van der Waals surface area (Å²) in [5.41, 5.74) is 0.890. The summed E-state index contributed by atoms with van der Waals surface area (Å²) in [7, 11) is 0. The summed E-state index contributed by atoms with van der Waals surface area (Å²) in [4.78, 5) is 37.2. The molecule has 10 nitrogen and oxygen atoms in total. The van der Waals surface area contributed by atoms with Gasteiger partial charge in [0.05, 0.1) is 0 Å². The summed E-state index contributed by atoms with van der Waals surface area (Å²) in [5.74, 6) is 2.02. The van der Waals surface area contributed by atoms with Gasteiger partial charge in [-0.05, 0) is 18.6 Å². The molecule has 0 aliphatic carbocycles. The highest BCUT2D eigenvalue weighted by Crippen LogP contribution is 2.17. The Hall–Kier alpha value is -3.95. The van der Waals surface area contributed by atoms with Crippen molar-refractivity contribution in [1.29, 1.82) is 0 Å². The smallest absolute Gasteiger partial charge is 0.407 e. The van der Waals surface area contributed by atoms with Crippen molar-refractivity contribution in [3.63, 3.8) is 0 Å². The Bertz CT molecular complexity index is 1050. The fourth-order valence-corrected chi connectivity index (χ4v) is 3.44. The van der Waals surface area contributed by atoms with Crippen molar-refractivity contribution in [1.82, 2.24) is 30.0 Å². The third-order valence-electron chi connectivity index (χ3n) is 5.10. The quantitative estimate of drug-likeness (QED) is 0.626. The first-order valence-electron chi connectivity index (χ1n) is 10.4. The molecule has 3 heterocycles. The lowest BCUT2D eigenvalue weighted by atomic mass is 10.2. The summed E-state index contributed by atoms with van der Waals surface area (Å²) in [6, 6.07) is 13.1. The molecule has 1 saturated heterocycles. The highest BCUT2D eigenvalue weighted by Gasteiger charge is 2.23. The molecule has 1 aliphatic rings. The van der Waals surface area contributed by atoms with Gasteiger partial charge in [0.15, 0.2) is 5.82 Å². The molecule has 10 heteroatoms. The van der Waals surface area contributed by atoms with Crippen molar-refractivity contribution in [3.8, 4) is 5.82 Å². The van der Waals surface area contributed by atoms with Gasteiger partial charge in [-0.2, -0.15) is 5.10 Å². The molecule has 4 rings (SSSR count). The van der Waals surface area contributed by atoms with Crippen LogP contribution >= 0.6 is 0 Å². The Morgan fingerprint density at radius 2 is 1.78 bits per heavy atom. The molecule has 0 radical (unpaired) electrons. The number of aromatic nitrogens is 4. The summed E-state index contributed by atoms with van der Waals surface area (Å²) in [6.45, 7) is 4.28. The number of nitrogens with one attached hydrogen (secondary N) is 1. The monoisotopic (exact) mass is 435 g/mol. The highest BCUT2D eigenvalue weighted by atomic mass is 16.5. The van der Waals surface area contributed by atoms with E-state index in [9.17, 15) is 9.59 Å². The molecular weight excluding hydrogens is 410 g/mol. The van der Waals surface area contributed by atoms with Gasteiger partial charge in [0.1, 0.15) is 24.8 Å². The predicted molar refractivity (Wildman–Crippen MR) is 117 cm³/mol. The second kappa shape index (κ2) is 9.90. The number of carbonyl (C=O) groups excluding carboxylic acids is 2. The molecule has 2 amide bonds. The van der Waals surface area contributed by atoms with Crippen LogP contribution in [0.3, 0.4) is 0 Å². The summed E-state index contributed by atoms with van der Waals surface area (Å²) < 4.78 is 6.84. The number of alkyl carbamates (subject to hydrolysis) is 1. The van der Waals surface area contributed by atoms with Crippen LogP contribution in [0.25, 0.3) is 5.82 Å². The van der Waals surface area contributed by atoms with Crippen molar-refractivity contribution in [3.05, 3.63) is 66.2 Å². The van der Waals surface area contributed by atoms with Crippen molar-refractivity contribution in [2.24, 2.45) is 0 Å². The van der Waals surface area contributed by atoms with E-state index in [2.05, 4.69) is 25.3 Å². The van der Waals surface area contributed by atoms with Gasteiger partial charge in [0.25, 0.3) is 0 Å². The van der Waals surface area contributed by atoms with Crippen molar-refractivity contribution in [2.75, 3.05) is 37.6 Å². The van der Waals surface area contributed by atoms with Gasteiger partial charge in [0, 0.05) is 44.6 Å². The fraction of sp³-hybridized carbons (Fsp3) is 0.318. The molecule has 0 atom stereocenters. The van der Waals surface area contributed by atoms with Crippen molar-refractivity contribution in [2.45, 2.75) is 13.5 Å². The number of amides is 2. The first kappa shape index (κ1) is 21.3. The summed E-state index contributed by atoms with van der Waals surface area (Å²) in [5, 5.41) is 6.75. The van der Waals surface area contributed by atoms with Crippen LogP contribution < -0.4 is 10.2 Å². The maximum Gasteiger partial charge on any atom is 0.407 e. The van der Waals surface area contributed by atoms with E-state index in [0.717, 1.165) is 11.4 Å². The molecule has 1 aromatic carbocycles. The molecule has 166 valence electrons. The Balaban J connectivity index is 1.25. The van der Waals surface area contributed by atoms with E-state index in [4.69, 9.17) is 4.74 Å². The standard InChI is InChI=1S/C22H25N7O3/c1-17-25-19(14-20(26-17)29-9-5-8-24-29)27-10-12-28(13-11-27)21(30)15-23-22(31)32-16-18-6-3-2-4-7-18/h2-9,14H,10-13,15-16H2,1H3,(H,23,31). The van der Waals surface area contributed by atoms with Gasteiger partial charge in [-0.1, -0.05) is 30.3 Å². The zero-order chi connectivity index (χ0) is 22.3. The molecule has 1 fully saturated rings. The zero-order valence-corrected chi connectivity index (χ0v) is 17.8. The van der Waals surface area contributed by atoms with E-state index in [0.29, 0.717) is 37.8 Å². The molecule has 0 spiro atoms. The van der Waals surface area contributed by atoms with Crippen LogP contribution in [0.4, 0.5) is 10.6 Å². The summed E-state index contributed by atoms with van der Waals surface area (Å²) >= 11 is 0. The van der Waals surface area contributed by atoms with Gasteiger partial charge in [-0.3, -0.25) is 4.79 Å². The third kappa shape index (κ3) is 5.39. The number of benzene rings is 1. The van der Waals surface area contributed by atoms with Crippen molar-refractivity contribution < 1.29 is 14.3 Å². The number of hydrogen-bond acceptors (Lipinski definition) is 7. The first-order valence-corrected chi connectivity index (χ1v) is 10.4. The number of ether oxygens (including phenoxy) is 1. The first-order chi connectivity index (χ1) is 15.6. The normalized spacial score (nSPS) is 13.7. The van der Waals surface area contributed by atoms with Crippen LogP contribution in [-0.2, 0) is 16.1 Å². The topological polar surface area (TPSA) is 105 Å². The lowest BCUT2D eigenvalue weighted by Gasteiger charge is -2.35. The van der Waals surface area contributed by atoms with Crippen molar-refractivity contribution >= 4 is 17.8 Å². The van der Waals surface area contributed by atoms with Crippen LogP contribution in [-0.4, -0.2) is 69.4 Å². The number of nitrogens with zero attached hydrogens (tertiary/aromatic N) is 6. The van der Waals surface area contributed by atoms with Gasteiger partial charge in [-0.25, -0.2) is 19.4 Å². The van der Waals surface area contributed by atoms with Crippen LogP contribution in [0.2, 0.25) is 0 Å². The molecule has 32 heavy (non-hydrogen) atoms. The van der Waals surface area contributed by atoms with Gasteiger partial charge < -0.3 is 19.9 Å². The number of aryl methyl sites for hydroxylation is 1. The average Bonchev–Trinajstić information content (AvgIpc) is 3.37. The SMILES string of the molecule is Cc1nc(N2CCN(C(=O)CNC(=O)OCc3ccccc3)CC2)cc(-n2cccn2)n1. The van der Waals surface area contributed by atoms with E-state index < -0.39 is 6.09 Å². The van der Waals surface area contributed by atoms with Gasteiger partial charge in [-0.15, -0.1) is 0 Å². The Kier molecular flexibility index (Phi) is 6.59. The van der Waals surface area contributed by atoms with Crippen LogP contribution in [0.15, 0.2) is 54.9 Å². The summed E-state index contributed by atoms with van der Waals surface area (Å²) in [6.07, 6.45) is 2.93. The molecule has 0 saturated carbocycles. The number of carbonyl (C=O) groups is 2. The molecule has 0 bridgehead atoms. The number of anilines is 1. The maximum atomic E-state index is 12.5. The Morgan fingerprint density at radius 1 is 1.03 bits per heavy atom. The van der Waals surface area contributed by atoms with Gasteiger partial charge in [0.2, 0.25) is 5.91 Å². The second-order valence-electron chi connectivity index (χ2n) is 7.37. The van der Waals surface area contributed by atoms with Crippen LogP contribution in [0.1, 0.15) is 11.4 Å². The molecule has 0 unspecified atom stereocenters. The molecule has 1 aliphatic heterocycles. The van der Waals surface area contributed by atoms with E-state index in [1.54, 1.807) is 15.8 Å². The molecule has 1 N–H and O–H groups in total. The van der Waals surface area contributed by atoms with Gasteiger partial charge >= 0.3 is 6.09 Å². The van der Waals surface area contributed by atoms with Crippen LogP contribution in [0, 0.1) is 6.92 Å². The van der Waals surface area contributed by atoms with Crippen LogP contribution in [0.5, 0.6) is 0 Å². The highest BCUT2D eigenvalue weighted by molar-refractivity contribution is 5.82. The number of rotatable bonds is 6. The number of piperazine rings is 1. The predicted octanol–water partition coefficient (Wildman–Crippen LogP) is 1.55. The molecular formula is C22H25N7O3. The zero-order valence-electron chi connectivity index (χ0n) is 17.8.